The van der Waals surface area contributed by atoms with E-state index in [0.717, 1.165) is 17.7 Å². The van der Waals surface area contributed by atoms with Crippen molar-refractivity contribution in [2.75, 3.05) is 18.5 Å². The highest BCUT2D eigenvalue weighted by molar-refractivity contribution is 6.12. The first-order valence-electron chi connectivity index (χ1n) is 10.9. The normalized spacial score (nSPS) is 18.5. The molecule has 5 rings (SSSR count). The Morgan fingerprint density at radius 1 is 1.06 bits per heavy atom. The van der Waals surface area contributed by atoms with Crippen molar-refractivity contribution in [1.82, 2.24) is 0 Å². The fraction of sp³-hybridized carbons (Fsp3) is 0.269. The second-order valence-corrected chi connectivity index (χ2v) is 8.66. The molecular weight excluding hydrogens is 444 g/mol. The molecule has 6 nitrogen and oxygen atoms in total. The topological polar surface area (TPSA) is 66.0 Å². The lowest BCUT2D eigenvalue weighted by molar-refractivity contribution is -0.141. The largest absolute Gasteiger partial charge is 0.491 e. The van der Waals surface area contributed by atoms with Gasteiger partial charge < -0.3 is 24.3 Å². The lowest BCUT2D eigenvalue weighted by Crippen LogP contribution is -2.25. The van der Waals surface area contributed by atoms with Gasteiger partial charge in [-0.05, 0) is 50.2 Å². The molecule has 0 unspecified atom stereocenters. The van der Waals surface area contributed by atoms with Gasteiger partial charge in [-0.2, -0.15) is 0 Å². The molecule has 2 aliphatic rings. The fourth-order valence-electron chi connectivity index (χ4n) is 3.97. The van der Waals surface area contributed by atoms with E-state index in [1.807, 2.05) is 13.8 Å². The summed E-state index contributed by atoms with van der Waals surface area (Å²) in [4.78, 5) is 13.3. The number of ether oxygens (including phenoxy) is 4. The summed E-state index contributed by atoms with van der Waals surface area (Å²) in [5, 5.41) is 2.89. The van der Waals surface area contributed by atoms with Crippen molar-refractivity contribution in [3.63, 3.8) is 0 Å². The van der Waals surface area contributed by atoms with E-state index in [-0.39, 0.29) is 24.2 Å². The SMILES string of the molecule is CC1(C)OC[C@@H](COc2ccc3c(c2)C(=O)c2ccc(Nc4ccc(F)cc4F)cc2OC3)O1. The van der Waals surface area contributed by atoms with E-state index in [0.29, 0.717) is 41.5 Å². The van der Waals surface area contributed by atoms with Crippen LogP contribution >= 0.6 is 0 Å². The summed E-state index contributed by atoms with van der Waals surface area (Å²) in [5.41, 5.74) is 2.23. The van der Waals surface area contributed by atoms with E-state index in [4.69, 9.17) is 18.9 Å². The highest BCUT2D eigenvalue weighted by Crippen LogP contribution is 2.34. The molecule has 34 heavy (non-hydrogen) atoms. The molecule has 8 heteroatoms. The first kappa shape index (κ1) is 22.3. The first-order valence-corrected chi connectivity index (χ1v) is 10.9. The molecule has 2 aliphatic heterocycles. The van der Waals surface area contributed by atoms with E-state index in [2.05, 4.69) is 5.32 Å². The minimum atomic E-state index is -0.718. The molecule has 0 spiro atoms. The number of halogens is 2. The third-order valence-electron chi connectivity index (χ3n) is 5.65. The zero-order valence-electron chi connectivity index (χ0n) is 18.7. The Balaban J connectivity index is 1.34. The molecule has 176 valence electrons. The Morgan fingerprint density at radius 3 is 2.68 bits per heavy atom. The second-order valence-electron chi connectivity index (χ2n) is 8.66. The number of benzene rings is 3. The summed E-state index contributed by atoms with van der Waals surface area (Å²) in [6.07, 6.45) is -0.189. The van der Waals surface area contributed by atoms with Crippen molar-refractivity contribution in [3.8, 4) is 11.5 Å². The number of fused-ring (bicyclic) bond motifs is 2. The lowest BCUT2D eigenvalue weighted by atomic mass is 9.98. The van der Waals surface area contributed by atoms with Gasteiger partial charge in [-0.25, -0.2) is 8.78 Å². The molecule has 0 radical (unpaired) electrons. The predicted octanol–water partition coefficient (Wildman–Crippen LogP) is 5.36. The summed E-state index contributed by atoms with van der Waals surface area (Å²) in [6, 6.07) is 13.5. The van der Waals surface area contributed by atoms with Gasteiger partial charge in [0.05, 0.1) is 17.9 Å². The van der Waals surface area contributed by atoms with Gasteiger partial charge in [0.1, 0.15) is 42.5 Å². The molecule has 0 aliphatic carbocycles. The second kappa shape index (κ2) is 8.70. The summed E-state index contributed by atoms with van der Waals surface area (Å²) in [7, 11) is 0. The average Bonchev–Trinajstić information content (AvgIpc) is 3.09. The Hall–Kier alpha value is -3.49. The van der Waals surface area contributed by atoms with Crippen molar-refractivity contribution < 1.29 is 32.5 Å². The third kappa shape index (κ3) is 4.60. The number of rotatable bonds is 5. The quantitative estimate of drug-likeness (QED) is 0.545. The van der Waals surface area contributed by atoms with E-state index >= 15 is 0 Å². The van der Waals surface area contributed by atoms with E-state index in [1.54, 1.807) is 36.4 Å². The van der Waals surface area contributed by atoms with Gasteiger partial charge in [-0.1, -0.05) is 6.07 Å². The number of hydrogen-bond acceptors (Lipinski definition) is 6. The Kier molecular flexibility index (Phi) is 5.71. The van der Waals surface area contributed by atoms with Gasteiger partial charge >= 0.3 is 0 Å². The fourth-order valence-corrected chi connectivity index (χ4v) is 3.97. The standard InChI is InChI=1S/C26H23F2NO5/c1-26(2)33-14-19(34-26)13-31-18-6-3-15-12-32-24-10-17(5-7-20(24)25(30)21(15)11-18)29-23-8-4-16(27)9-22(23)28/h3-11,19,29H,12-14H2,1-2H3/t19-/m1/s1. The molecule has 0 aromatic heterocycles. The molecule has 0 saturated carbocycles. The van der Waals surface area contributed by atoms with Gasteiger partial charge in [0.25, 0.3) is 0 Å². The van der Waals surface area contributed by atoms with Crippen LogP contribution in [0.5, 0.6) is 11.5 Å². The predicted molar refractivity (Wildman–Crippen MR) is 121 cm³/mol. The molecule has 1 atom stereocenters. The molecule has 3 aromatic carbocycles. The van der Waals surface area contributed by atoms with Gasteiger partial charge in [0.2, 0.25) is 0 Å². The molecular formula is C26H23F2NO5. The highest BCUT2D eigenvalue weighted by atomic mass is 19.1. The van der Waals surface area contributed by atoms with Gasteiger partial charge in [0.15, 0.2) is 11.6 Å². The van der Waals surface area contributed by atoms with Crippen LogP contribution in [0.1, 0.15) is 35.3 Å². The molecule has 3 aromatic rings. The van der Waals surface area contributed by atoms with Crippen LogP contribution in [0.25, 0.3) is 0 Å². The zero-order valence-corrected chi connectivity index (χ0v) is 18.7. The maximum absolute atomic E-state index is 14.0. The van der Waals surface area contributed by atoms with Crippen LogP contribution in [0.3, 0.4) is 0 Å². The van der Waals surface area contributed by atoms with Crippen LogP contribution in [0.2, 0.25) is 0 Å². The monoisotopic (exact) mass is 467 g/mol. The minimum Gasteiger partial charge on any atom is -0.491 e. The van der Waals surface area contributed by atoms with Gasteiger partial charge in [-0.3, -0.25) is 4.79 Å². The zero-order chi connectivity index (χ0) is 23.9. The summed E-state index contributed by atoms with van der Waals surface area (Å²) >= 11 is 0. The number of carbonyl (C=O) groups is 1. The summed E-state index contributed by atoms with van der Waals surface area (Å²) < 4.78 is 50.2. The van der Waals surface area contributed by atoms with E-state index in [1.165, 1.54) is 6.07 Å². The van der Waals surface area contributed by atoms with Crippen LogP contribution in [-0.4, -0.2) is 30.9 Å². The van der Waals surface area contributed by atoms with Crippen molar-refractivity contribution in [2.24, 2.45) is 0 Å². The third-order valence-corrected chi connectivity index (χ3v) is 5.65. The van der Waals surface area contributed by atoms with E-state index in [9.17, 15) is 13.6 Å². The van der Waals surface area contributed by atoms with Crippen molar-refractivity contribution in [1.29, 1.82) is 0 Å². The number of anilines is 2. The average molecular weight is 467 g/mol. The van der Waals surface area contributed by atoms with Crippen LogP contribution < -0.4 is 14.8 Å². The highest BCUT2D eigenvalue weighted by Gasteiger charge is 2.33. The van der Waals surface area contributed by atoms with Gasteiger partial charge in [-0.15, -0.1) is 0 Å². The van der Waals surface area contributed by atoms with Crippen molar-refractivity contribution in [2.45, 2.75) is 32.3 Å². The number of carbonyl (C=O) groups excluding carboxylic acids is 1. The van der Waals surface area contributed by atoms with Crippen molar-refractivity contribution >= 4 is 17.2 Å². The molecule has 2 heterocycles. The first-order chi connectivity index (χ1) is 16.3. The minimum absolute atomic E-state index is 0.117. The molecule has 1 fully saturated rings. The number of nitrogens with one attached hydrogen (secondary N) is 1. The van der Waals surface area contributed by atoms with E-state index < -0.39 is 17.4 Å². The molecule has 0 bridgehead atoms. The Labute approximate surface area is 195 Å². The number of ketones is 1. The lowest BCUT2D eigenvalue weighted by Gasteiger charge is -2.17. The van der Waals surface area contributed by atoms with Crippen LogP contribution in [0.4, 0.5) is 20.2 Å². The Bertz CT molecular complexity index is 1260. The maximum Gasteiger partial charge on any atom is 0.197 e. The summed E-state index contributed by atoms with van der Waals surface area (Å²) in [5.74, 6) is -1.29. The Morgan fingerprint density at radius 2 is 1.91 bits per heavy atom. The molecule has 0 amide bonds. The summed E-state index contributed by atoms with van der Waals surface area (Å²) in [6.45, 7) is 4.64. The molecule has 1 N–H and O–H groups in total. The van der Waals surface area contributed by atoms with Crippen LogP contribution in [0, 0.1) is 11.6 Å². The van der Waals surface area contributed by atoms with Crippen LogP contribution in [-0.2, 0) is 16.1 Å². The maximum atomic E-state index is 14.0. The van der Waals surface area contributed by atoms with Crippen LogP contribution in [0.15, 0.2) is 54.6 Å². The molecule has 1 saturated heterocycles. The smallest absolute Gasteiger partial charge is 0.197 e. The number of hydrogen-bond donors (Lipinski definition) is 1. The van der Waals surface area contributed by atoms with Gasteiger partial charge in [0, 0.05) is 28.9 Å². The van der Waals surface area contributed by atoms with Crippen molar-refractivity contribution in [3.05, 3.63) is 82.9 Å².